The van der Waals surface area contributed by atoms with Gasteiger partial charge in [0.15, 0.2) is 24.4 Å². The number of carbonyl (C=O) groups is 12. The summed E-state index contributed by atoms with van der Waals surface area (Å²) in [5.74, 6) is -13.3. The van der Waals surface area contributed by atoms with E-state index in [2.05, 4.69) is 26.3 Å². The standard InChI is InChI=1S/C86H88O28/c1-11-71(87)107-44-51(111-79(99)59-27-19-15-23-55(59)75(91)92)40-103-67-34-69(105-42-53(46-109-73(89)13-3)113-81(101)61-29-21-17-25-57(61)77(95)96)65(32-63(67)83(5,6)7)85-36-49-31-50(37-85)39-86(38-49,48-85)66-33-64(84(8,9)10)68(104-41-52(45-108-72(88)12-2)112-80(100)60-28-20-16-24-56(60)76(93)94)35-70(66)106-43-54(47-110-74(90)14-4)114-82(102)62-30-22-18-26-58(62)78(97)98/h11-30,32-35,49-54H,1-4,31,36-48H2,5-10H3,(H,91,92)(H,93,94)(H,95,96)(H,97,98). The van der Waals surface area contributed by atoms with Crippen LogP contribution in [0.25, 0.3) is 0 Å². The van der Waals surface area contributed by atoms with Crippen LogP contribution in [0.2, 0.25) is 0 Å². The number of ether oxygens (including phenoxy) is 12. The van der Waals surface area contributed by atoms with E-state index in [1.165, 1.54) is 97.1 Å². The lowest BCUT2D eigenvalue weighted by molar-refractivity contribution is -0.142. The van der Waals surface area contributed by atoms with Crippen LogP contribution in [-0.4, -0.2) is 169 Å². The smallest absolute Gasteiger partial charge is 0.339 e. The molecule has 4 atom stereocenters. The van der Waals surface area contributed by atoms with Gasteiger partial charge in [-0.3, -0.25) is 0 Å². The number of esters is 8. The number of hydrogen-bond acceptors (Lipinski definition) is 24. The molecule has 0 spiro atoms. The second-order valence-corrected chi connectivity index (χ2v) is 29.8. The van der Waals surface area contributed by atoms with Gasteiger partial charge in [-0.1, -0.05) is 116 Å². The van der Waals surface area contributed by atoms with Crippen LogP contribution in [0.1, 0.15) is 185 Å². The summed E-state index contributed by atoms with van der Waals surface area (Å²) in [7, 11) is 0. The van der Waals surface area contributed by atoms with Gasteiger partial charge in [-0.15, -0.1) is 0 Å². The number of carboxylic acids is 4. The van der Waals surface area contributed by atoms with Gasteiger partial charge >= 0.3 is 71.6 Å². The predicted octanol–water partition coefficient (Wildman–Crippen LogP) is 12.2. The van der Waals surface area contributed by atoms with E-state index in [0.717, 1.165) is 30.7 Å². The molecule has 0 aromatic heterocycles. The van der Waals surface area contributed by atoms with Gasteiger partial charge in [-0.05, 0) is 122 Å². The molecule has 0 heterocycles. The fraction of sp³-hybridized carbons (Fsp3) is 0.349. The highest BCUT2D eigenvalue weighted by Crippen LogP contribution is 2.69. The van der Waals surface area contributed by atoms with Crippen LogP contribution >= 0.6 is 0 Å². The zero-order chi connectivity index (χ0) is 83.0. The number of aromatic carboxylic acids is 4. The van der Waals surface area contributed by atoms with Crippen LogP contribution < -0.4 is 18.9 Å². The van der Waals surface area contributed by atoms with E-state index >= 15 is 0 Å². The van der Waals surface area contributed by atoms with Gasteiger partial charge in [0.1, 0.15) is 75.9 Å². The lowest BCUT2D eigenvalue weighted by Gasteiger charge is -2.63. The van der Waals surface area contributed by atoms with E-state index in [1.54, 1.807) is 12.1 Å². The molecule has 4 aliphatic rings. The Bertz CT molecular complexity index is 4440. The average molecular weight is 1570 g/mol. The van der Waals surface area contributed by atoms with E-state index < -0.39 is 182 Å². The summed E-state index contributed by atoms with van der Waals surface area (Å²) in [6, 6.07) is 28.3. The summed E-state index contributed by atoms with van der Waals surface area (Å²) in [4.78, 5) is 157. The molecular formula is C86H88O28. The fourth-order valence-electron chi connectivity index (χ4n) is 14.9. The van der Waals surface area contributed by atoms with Crippen molar-refractivity contribution in [1.29, 1.82) is 0 Å². The molecule has 0 amide bonds. The molecule has 6 aromatic rings. The Morgan fingerprint density at radius 2 is 0.588 bits per heavy atom. The summed E-state index contributed by atoms with van der Waals surface area (Å²) in [6.07, 6.45) is 1.03. The molecule has 4 saturated carbocycles. The average Bonchev–Trinajstić information content (AvgIpc) is 0.694. The monoisotopic (exact) mass is 1570 g/mol. The predicted molar refractivity (Wildman–Crippen MR) is 405 cm³/mol. The van der Waals surface area contributed by atoms with E-state index in [0.29, 0.717) is 54.4 Å². The Hall–Kier alpha value is -12.9. The van der Waals surface area contributed by atoms with Gasteiger partial charge in [0.25, 0.3) is 0 Å². The summed E-state index contributed by atoms with van der Waals surface area (Å²) < 4.78 is 72.7. The molecule has 0 aliphatic heterocycles. The fourth-order valence-corrected chi connectivity index (χ4v) is 14.9. The molecule has 4 bridgehead atoms. The molecule has 600 valence electrons. The third kappa shape index (κ3) is 21.0. The van der Waals surface area contributed by atoms with Crippen molar-refractivity contribution in [1.82, 2.24) is 0 Å². The van der Waals surface area contributed by atoms with Crippen molar-refractivity contribution < 1.29 is 135 Å². The number of carboxylic acid groups (broad SMARTS) is 4. The van der Waals surface area contributed by atoms with Crippen LogP contribution in [0, 0.1) is 11.8 Å². The zero-order valence-corrected chi connectivity index (χ0v) is 63.6. The Morgan fingerprint density at radius 1 is 0.360 bits per heavy atom. The molecule has 4 N–H and O–H groups in total. The Balaban J connectivity index is 1.21. The van der Waals surface area contributed by atoms with Crippen LogP contribution in [0.15, 0.2) is 172 Å². The Labute approximate surface area is 656 Å². The SMILES string of the molecule is C=CC(=O)OCC(COc1cc(OCC(COC(=O)C=C)OC(=O)c2ccccc2C(=O)O)c(C23CC4CC(C2)CC(c2cc(C(C)(C)C)c(OCC(COC(=O)C=C)OC(=O)c5ccccc5C(=O)O)cc2OCC(COC(=O)C=C)OC(=O)c2ccccc2C(=O)O)(C4)C3)cc1C(C)(C)C)OC(=O)c1ccccc1C(=O)O. The van der Waals surface area contributed by atoms with Gasteiger partial charge in [0.2, 0.25) is 0 Å². The molecular weight excluding hydrogens is 1480 g/mol. The quantitative estimate of drug-likeness (QED) is 0.0159. The van der Waals surface area contributed by atoms with Gasteiger partial charge in [-0.25, -0.2) is 57.5 Å². The summed E-state index contributed by atoms with van der Waals surface area (Å²) in [5, 5.41) is 40.3. The van der Waals surface area contributed by atoms with Crippen molar-refractivity contribution in [3.05, 3.63) is 239 Å². The highest BCUT2D eigenvalue weighted by atomic mass is 16.6. The largest absolute Gasteiger partial charge is 0.489 e. The second kappa shape index (κ2) is 37.0. The lowest BCUT2D eigenvalue weighted by Crippen LogP contribution is -2.56. The third-order valence-electron chi connectivity index (χ3n) is 19.6. The van der Waals surface area contributed by atoms with Gasteiger partial charge in [-0.2, -0.15) is 0 Å². The Kier molecular flexibility index (Phi) is 27.6. The maximum absolute atomic E-state index is 14.2. The molecule has 28 heteroatoms. The number of benzene rings is 6. The minimum Gasteiger partial charge on any atom is -0.489 e. The lowest BCUT2D eigenvalue weighted by atomic mass is 9.41. The highest BCUT2D eigenvalue weighted by Gasteiger charge is 2.60. The first-order valence-electron chi connectivity index (χ1n) is 36.3. The zero-order valence-electron chi connectivity index (χ0n) is 63.6. The maximum Gasteiger partial charge on any atom is 0.339 e. The highest BCUT2D eigenvalue weighted by molar-refractivity contribution is 6.05. The first kappa shape index (κ1) is 85.1. The van der Waals surface area contributed by atoms with Crippen molar-refractivity contribution in [2.24, 2.45) is 11.8 Å². The summed E-state index contributed by atoms with van der Waals surface area (Å²) in [5.41, 5.74) is -3.92. The minimum atomic E-state index is -1.47. The second-order valence-electron chi connectivity index (χ2n) is 29.8. The van der Waals surface area contributed by atoms with Crippen molar-refractivity contribution in [3.63, 3.8) is 0 Å². The molecule has 0 radical (unpaired) electrons. The van der Waals surface area contributed by atoms with E-state index in [-0.39, 0.29) is 68.2 Å². The first-order valence-corrected chi connectivity index (χ1v) is 36.3. The van der Waals surface area contributed by atoms with Crippen molar-refractivity contribution >= 4 is 71.6 Å². The molecule has 4 aliphatic carbocycles. The molecule has 4 fully saturated rings. The van der Waals surface area contributed by atoms with Crippen molar-refractivity contribution in [2.75, 3.05) is 52.9 Å². The van der Waals surface area contributed by atoms with E-state index in [9.17, 15) is 78.0 Å². The molecule has 28 nitrogen and oxygen atoms in total. The maximum atomic E-state index is 14.2. The van der Waals surface area contributed by atoms with Crippen molar-refractivity contribution in [2.45, 2.75) is 126 Å². The molecule has 114 heavy (non-hydrogen) atoms. The number of carbonyl (C=O) groups excluding carboxylic acids is 8. The van der Waals surface area contributed by atoms with Crippen LogP contribution in [0.3, 0.4) is 0 Å². The number of hydrogen-bond donors (Lipinski definition) is 4. The van der Waals surface area contributed by atoms with Crippen molar-refractivity contribution in [3.8, 4) is 23.0 Å². The molecule has 10 rings (SSSR count). The minimum absolute atomic E-state index is 0.0578. The van der Waals surface area contributed by atoms with Crippen LogP contribution in [0.4, 0.5) is 0 Å². The first-order chi connectivity index (χ1) is 54.1. The van der Waals surface area contributed by atoms with Crippen LogP contribution in [0.5, 0.6) is 23.0 Å². The molecule has 6 aromatic carbocycles. The third-order valence-corrected chi connectivity index (χ3v) is 19.6. The Morgan fingerprint density at radius 3 is 0.807 bits per heavy atom. The van der Waals surface area contributed by atoms with E-state index in [4.69, 9.17) is 56.8 Å². The summed E-state index contributed by atoms with van der Waals surface area (Å²) in [6.45, 7) is 20.7. The van der Waals surface area contributed by atoms with E-state index in [1.807, 2.05) is 53.7 Å². The number of rotatable bonds is 38. The van der Waals surface area contributed by atoms with Gasteiger partial charge in [0.05, 0.1) is 44.5 Å². The topological polar surface area (TPSA) is 397 Å². The van der Waals surface area contributed by atoms with Gasteiger partial charge in [0, 0.05) is 69.5 Å². The normalized spacial score (nSPS) is 17.6. The molecule has 4 unspecified atom stereocenters. The van der Waals surface area contributed by atoms with Gasteiger partial charge < -0.3 is 77.3 Å². The molecule has 0 saturated heterocycles. The van der Waals surface area contributed by atoms with Crippen LogP contribution in [-0.2, 0) is 78.7 Å². The summed E-state index contributed by atoms with van der Waals surface area (Å²) >= 11 is 0.